The first-order valence-electron chi connectivity index (χ1n) is 6.41. The van der Waals surface area contributed by atoms with Crippen molar-refractivity contribution >= 4 is 0 Å². The zero-order valence-corrected chi connectivity index (χ0v) is 11.4. The van der Waals surface area contributed by atoms with Gasteiger partial charge < -0.3 is 10.2 Å². The minimum Gasteiger partial charge on any atom is -0.309 e. The first kappa shape index (κ1) is 16.0. The number of nitrogens with zero attached hydrogens (tertiary/aromatic N) is 1. The molecule has 2 nitrogen and oxygen atoms in total. The van der Waals surface area contributed by atoms with Crippen molar-refractivity contribution in [3.05, 3.63) is 35.9 Å². The molecule has 0 aromatic heterocycles. The number of alkyl halides is 3. The SMILES string of the molecule is CN(C)CCCCNC(c1ccccc1)C(F)(F)F. The van der Waals surface area contributed by atoms with Crippen LogP contribution in [0.15, 0.2) is 30.3 Å². The van der Waals surface area contributed by atoms with Gasteiger partial charge in [-0.05, 0) is 45.6 Å². The molecule has 0 spiro atoms. The minimum atomic E-state index is -4.26. The number of benzene rings is 1. The quantitative estimate of drug-likeness (QED) is 0.768. The lowest BCUT2D eigenvalue weighted by Crippen LogP contribution is -2.34. The van der Waals surface area contributed by atoms with Crippen LogP contribution in [0.2, 0.25) is 0 Å². The number of rotatable bonds is 7. The summed E-state index contributed by atoms with van der Waals surface area (Å²) in [5.74, 6) is 0. The Kier molecular flexibility index (Phi) is 6.31. The lowest BCUT2D eigenvalue weighted by atomic mass is 10.1. The summed E-state index contributed by atoms with van der Waals surface area (Å²) in [4.78, 5) is 2.03. The molecule has 1 unspecified atom stereocenters. The fourth-order valence-corrected chi connectivity index (χ4v) is 1.87. The van der Waals surface area contributed by atoms with E-state index in [0.29, 0.717) is 6.54 Å². The zero-order chi connectivity index (χ0) is 14.3. The highest BCUT2D eigenvalue weighted by atomic mass is 19.4. The van der Waals surface area contributed by atoms with Crippen LogP contribution in [0, 0.1) is 0 Å². The summed E-state index contributed by atoms with van der Waals surface area (Å²) >= 11 is 0. The Morgan fingerprint density at radius 2 is 1.74 bits per heavy atom. The minimum absolute atomic E-state index is 0.266. The molecule has 1 rings (SSSR count). The first-order chi connectivity index (χ1) is 8.91. The van der Waals surface area contributed by atoms with Crippen LogP contribution in [-0.4, -0.2) is 38.3 Å². The molecule has 0 radical (unpaired) electrons. The fourth-order valence-electron chi connectivity index (χ4n) is 1.87. The highest BCUT2D eigenvalue weighted by molar-refractivity contribution is 5.20. The van der Waals surface area contributed by atoms with E-state index in [9.17, 15) is 13.2 Å². The second kappa shape index (κ2) is 7.50. The Balaban J connectivity index is 2.49. The number of hydrogen-bond acceptors (Lipinski definition) is 2. The molecule has 1 aromatic rings. The van der Waals surface area contributed by atoms with Gasteiger partial charge in [-0.1, -0.05) is 30.3 Å². The topological polar surface area (TPSA) is 15.3 Å². The van der Waals surface area contributed by atoms with Crippen molar-refractivity contribution in [3.8, 4) is 0 Å². The largest absolute Gasteiger partial charge is 0.407 e. The van der Waals surface area contributed by atoms with Crippen molar-refractivity contribution in [2.75, 3.05) is 27.2 Å². The Labute approximate surface area is 112 Å². The van der Waals surface area contributed by atoms with Gasteiger partial charge in [0.05, 0.1) is 0 Å². The van der Waals surface area contributed by atoms with Crippen molar-refractivity contribution in [1.29, 1.82) is 0 Å². The van der Waals surface area contributed by atoms with Crippen molar-refractivity contribution in [3.63, 3.8) is 0 Å². The summed E-state index contributed by atoms with van der Waals surface area (Å²) in [6, 6.07) is 6.40. The molecule has 0 aliphatic rings. The van der Waals surface area contributed by atoms with Crippen LogP contribution in [0.1, 0.15) is 24.4 Å². The second-order valence-electron chi connectivity index (χ2n) is 4.85. The third kappa shape index (κ3) is 6.07. The van der Waals surface area contributed by atoms with Crippen LogP contribution in [0.25, 0.3) is 0 Å². The third-order valence-electron chi connectivity index (χ3n) is 2.84. The van der Waals surface area contributed by atoms with E-state index in [2.05, 4.69) is 5.32 Å². The Morgan fingerprint density at radius 1 is 1.11 bits per heavy atom. The predicted octanol–water partition coefficient (Wildman–Crippen LogP) is 3.22. The van der Waals surface area contributed by atoms with Gasteiger partial charge in [0.2, 0.25) is 0 Å². The van der Waals surface area contributed by atoms with E-state index in [1.54, 1.807) is 18.2 Å². The number of halogens is 3. The number of unbranched alkanes of at least 4 members (excludes halogenated alkanes) is 1. The fraction of sp³-hybridized carbons (Fsp3) is 0.571. The van der Waals surface area contributed by atoms with Gasteiger partial charge >= 0.3 is 6.18 Å². The summed E-state index contributed by atoms with van der Waals surface area (Å²) in [7, 11) is 3.91. The van der Waals surface area contributed by atoms with Crippen LogP contribution in [-0.2, 0) is 0 Å². The van der Waals surface area contributed by atoms with Gasteiger partial charge in [-0.2, -0.15) is 13.2 Å². The lowest BCUT2D eigenvalue weighted by molar-refractivity contribution is -0.157. The summed E-state index contributed by atoms with van der Waals surface area (Å²) < 4.78 is 38.9. The molecule has 0 aliphatic carbocycles. The van der Waals surface area contributed by atoms with Crippen LogP contribution in [0.4, 0.5) is 13.2 Å². The maximum atomic E-state index is 13.0. The summed E-state index contributed by atoms with van der Waals surface area (Å²) in [5.41, 5.74) is 0.266. The Bertz CT molecular complexity index is 349. The first-order valence-corrected chi connectivity index (χ1v) is 6.41. The normalized spacial score (nSPS) is 13.8. The molecule has 1 atom stereocenters. The van der Waals surface area contributed by atoms with Crippen LogP contribution >= 0.6 is 0 Å². The van der Waals surface area contributed by atoms with E-state index in [0.717, 1.165) is 19.4 Å². The van der Waals surface area contributed by atoms with E-state index in [4.69, 9.17) is 0 Å². The van der Waals surface area contributed by atoms with Crippen molar-refractivity contribution < 1.29 is 13.2 Å². The van der Waals surface area contributed by atoms with Crippen LogP contribution in [0.5, 0.6) is 0 Å². The molecule has 5 heteroatoms. The maximum Gasteiger partial charge on any atom is 0.407 e. The van der Waals surface area contributed by atoms with Gasteiger partial charge in [-0.15, -0.1) is 0 Å². The summed E-state index contributed by atoms with van der Waals surface area (Å²) in [5, 5.41) is 2.61. The molecule has 0 aliphatic heterocycles. The van der Waals surface area contributed by atoms with Crippen LogP contribution < -0.4 is 5.32 Å². The van der Waals surface area contributed by atoms with Crippen LogP contribution in [0.3, 0.4) is 0 Å². The molecule has 0 heterocycles. The van der Waals surface area contributed by atoms with Gasteiger partial charge in [-0.25, -0.2) is 0 Å². The second-order valence-corrected chi connectivity index (χ2v) is 4.85. The van der Waals surface area contributed by atoms with Gasteiger partial charge in [0.15, 0.2) is 0 Å². The van der Waals surface area contributed by atoms with Gasteiger partial charge in [0.1, 0.15) is 6.04 Å². The standard InChI is InChI=1S/C14H21F3N2/c1-19(2)11-7-6-10-18-13(14(15,16)17)12-8-4-3-5-9-12/h3-5,8-9,13,18H,6-7,10-11H2,1-2H3. The van der Waals surface area contributed by atoms with Crippen molar-refractivity contribution in [2.45, 2.75) is 25.1 Å². The molecular formula is C14H21F3N2. The maximum absolute atomic E-state index is 13.0. The van der Waals surface area contributed by atoms with E-state index < -0.39 is 12.2 Å². The van der Waals surface area contributed by atoms with E-state index >= 15 is 0 Å². The highest BCUT2D eigenvalue weighted by Crippen LogP contribution is 2.32. The monoisotopic (exact) mass is 274 g/mol. The zero-order valence-electron chi connectivity index (χ0n) is 11.4. The number of hydrogen-bond donors (Lipinski definition) is 1. The van der Waals surface area contributed by atoms with Gasteiger partial charge in [-0.3, -0.25) is 0 Å². The Hall–Kier alpha value is -1.07. The molecule has 1 aromatic carbocycles. The van der Waals surface area contributed by atoms with E-state index in [1.165, 1.54) is 12.1 Å². The molecule has 108 valence electrons. The van der Waals surface area contributed by atoms with Gasteiger partial charge in [0, 0.05) is 0 Å². The Morgan fingerprint density at radius 3 is 2.26 bits per heavy atom. The molecule has 0 bridgehead atoms. The molecule has 1 N–H and O–H groups in total. The lowest BCUT2D eigenvalue weighted by Gasteiger charge is -2.22. The molecule has 0 amide bonds. The molecule has 0 saturated carbocycles. The summed E-state index contributed by atoms with van der Waals surface area (Å²) in [6.45, 7) is 1.26. The average Bonchev–Trinajstić information content (AvgIpc) is 2.32. The van der Waals surface area contributed by atoms with E-state index in [-0.39, 0.29) is 5.56 Å². The van der Waals surface area contributed by atoms with Crippen molar-refractivity contribution in [1.82, 2.24) is 10.2 Å². The molecular weight excluding hydrogens is 253 g/mol. The average molecular weight is 274 g/mol. The predicted molar refractivity (Wildman–Crippen MR) is 71.0 cm³/mol. The summed E-state index contributed by atoms with van der Waals surface area (Å²) in [6.07, 6.45) is -2.64. The van der Waals surface area contributed by atoms with E-state index in [1.807, 2.05) is 19.0 Å². The smallest absolute Gasteiger partial charge is 0.309 e. The van der Waals surface area contributed by atoms with Gasteiger partial charge in [0.25, 0.3) is 0 Å². The molecule has 19 heavy (non-hydrogen) atoms. The third-order valence-corrected chi connectivity index (χ3v) is 2.84. The highest BCUT2D eigenvalue weighted by Gasteiger charge is 2.40. The van der Waals surface area contributed by atoms with Crippen molar-refractivity contribution in [2.24, 2.45) is 0 Å². The molecule has 0 fully saturated rings. The number of nitrogens with one attached hydrogen (secondary N) is 1. The molecule has 0 saturated heterocycles.